The number of carboxylic acid groups (broad SMARTS) is 1. The van der Waals surface area contributed by atoms with E-state index in [1.807, 2.05) is 0 Å². The lowest BCUT2D eigenvalue weighted by Crippen LogP contribution is -2.30. The molecule has 0 bridgehead atoms. The fraction of sp³-hybridized carbons (Fsp3) is 0.833. The Bertz CT molecular complexity index is 116. The van der Waals surface area contributed by atoms with Gasteiger partial charge in [0.15, 0.2) is 0 Å². The minimum Gasteiger partial charge on any atom is -0.480 e. The second kappa shape index (κ2) is 4.64. The molecule has 0 aliphatic rings. The highest BCUT2D eigenvalue weighted by molar-refractivity contribution is 7.55. The van der Waals surface area contributed by atoms with Gasteiger partial charge in [0.2, 0.25) is 0 Å². The lowest BCUT2D eigenvalue weighted by atomic mass is 10.2. The molecular weight excluding hydrogens is 149 g/mol. The molecule has 4 heteroatoms. The van der Waals surface area contributed by atoms with Crippen LogP contribution in [-0.2, 0) is 4.79 Å². The summed E-state index contributed by atoms with van der Waals surface area (Å²) in [7, 11) is -0.00108. The normalized spacial score (nSPS) is 13.6. The molecule has 60 valence electrons. The second-order valence-electron chi connectivity index (χ2n) is 2.54. The highest BCUT2D eigenvalue weighted by atomic mass is 31.1. The summed E-state index contributed by atoms with van der Waals surface area (Å²) >= 11 is 0. The molecule has 0 fully saturated rings. The molecule has 0 amide bonds. The maximum Gasteiger partial charge on any atom is 0.320 e. The van der Waals surface area contributed by atoms with Crippen molar-refractivity contribution in [2.45, 2.75) is 12.5 Å². The van der Waals surface area contributed by atoms with Gasteiger partial charge in [0, 0.05) is 0 Å². The molecule has 0 saturated carbocycles. The number of carboxylic acids is 1. The van der Waals surface area contributed by atoms with Crippen LogP contribution in [0.4, 0.5) is 0 Å². The van der Waals surface area contributed by atoms with Crippen LogP contribution in [0, 0.1) is 0 Å². The van der Waals surface area contributed by atoms with Gasteiger partial charge < -0.3 is 10.8 Å². The Morgan fingerprint density at radius 2 is 2.20 bits per heavy atom. The summed E-state index contributed by atoms with van der Waals surface area (Å²) in [5, 5.41) is 8.38. The highest BCUT2D eigenvalue weighted by Crippen LogP contribution is 2.25. The van der Waals surface area contributed by atoms with E-state index >= 15 is 0 Å². The third kappa shape index (κ3) is 4.71. The lowest BCUT2D eigenvalue weighted by molar-refractivity contribution is -0.138. The van der Waals surface area contributed by atoms with Gasteiger partial charge >= 0.3 is 5.97 Å². The van der Waals surface area contributed by atoms with Gasteiger partial charge in [-0.2, -0.15) is 0 Å². The number of nitrogens with two attached hydrogens (primary N) is 1. The van der Waals surface area contributed by atoms with Crippen molar-refractivity contribution >= 4 is 13.9 Å². The maximum absolute atomic E-state index is 10.2. The summed E-state index contributed by atoms with van der Waals surface area (Å²) in [6.45, 7) is 4.23. The minimum atomic E-state index is -0.892. The van der Waals surface area contributed by atoms with Crippen molar-refractivity contribution in [1.29, 1.82) is 0 Å². The molecule has 1 atom stereocenters. The molecule has 0 aromatic carbocycles. The van der Waals surface area contributed by atoms with Gasteiger partial charge in [0.05, 0.1) is 0 Å². The first-order valence-corrected chi connectivity index (χ1v) is 5.59. The average Bonchev–Trinajstić information content (AvgIpc) is 1.82. The molecule has 10 heavy (non-hydrogen) atoms. The van der Waals surface area contributed by atoms with Gasteiger partial charge in [-0.1, -0.05) is 0 Å². The molecule has 0 aromatic rings. The summed E-state index contributed by atoms with van der Waals surface area (Å²) in [5.74, 6) is -0.892. The van der Waals surface area contributed by atoms with E-state index in [-0.39, 0.29) is 7.92 Å². The first-order chi connectivity index (χ1) is 4.54. The largest absolute Gasteiger partial charge is 0.480 e. The molecular formula is C6H14NO2P. The fourth-order valence-electron chi connectivity index (χ4n) is 0.521. The van der Waals surface area contributed by atoms with Crippen molar-refractivity contribution in [2.24, 2.45) is 5.73 Å². The Morgan fingerprint density at radius 1 is 1.70 bits per heavy atom. The third-order valence-corrected chi connectivity index (χ3v) is 2.36. The predicted octanol–water partition coefficient (Wildman–Crippen LogP) is 0.530. The fourth-order valence-corrected chi connectivity index (χ4v) is 1.32. The predicted molar refractivity (Wildman–Crippen MR) is 43.9 cm³/mol. The molecule has 0 aliphatic carbocycles. The summed E-state index contributed by atoms with van der Waals surface area (Å²) < 4.78 is 0. The van der Waals surface area contributed by atoms with Crippen LogP contribution in [-0.4, -0.2) is 36.6 Å². The highest BCUT2D eigenvalue weighted by Gasteiger charge is 2.10. The van der Waals surface area contributed by atoms with E-state index in [1.165, 1.54) is 0 Å². The van der Waals surface area contributed by atoms with Crippen LogP contribution in [0.5, 0.6) is 0 Å². The Hall–Kier alpha value is -0.140. The standard InChI is InChI=1S/C6H14NO2P/c1-10(2)4-3-5(7)6(8)9/h5H,3-4,7H2,1-2H3,(H,8,9)/t5-/m0/s1. The van der Waals surface area contributed by atoms with Gasteiger partial charge in [0.25, 0.3) is 0 Å². The summed E-state index contributed by atoms with van der Waals surface area (Å²) in [5.41, 5.74) is 5.28. The molecule has 0 aromatic heterocycles. The van der Waals surface area contributed by atoms with Gasteiger partial charge in [-0.15, -0.1) is 7.92 Å². The molecule has 0 radical (unpaired) electrons. The minimum absolute atomic E-state index is 0.00108. The summed E-state index contributed by atoms with van der Waals surface area (Å²) in [6, 6.07) is -0.662. The molecule has 0 heterocycles. The van der Waals surface area contributed by atoms with Crippen LogP contribution in [0.25, 0.3) is 0 Å². The Kier molecular flexibility index (Phi) is 4.58. The van der Waals surface area contributed by atoms with Crippen LogP contribution in [0.1, 0.15) is 6.42 Å². The van der Waals surface area contributed by atoms with Crippen molar-refractivity contribution < 1.29 is 9.90 Å². The van der Waals surface area contributed by atoms with Crippen LogP contribution >= 0.6 is 7.92 Å². The zero-order chi connectivity index (χ0) is 8.15. The SMILES string of the molecule is CP(C)CC[C@H](N)C(=O)O. The van der Waals surface area contributed by atoms with E-state index in [2.05, 4.69) is 13.3 Å². The van der Waals surface area contributed by atoms with Crippen molar-refractivity contribution in [3.05, 3.63) is 0 Å². The summed E-state index contributed by atoms with van der Waals surface area (Å²) in [6.07, 6.45) is 1.55. The van der Waals surface area contributed by atoms with E-state index < -0.39 is 12.0 Å². The first kappa shape index (κ1) is 9.86. The molecule has 0 rings (SSSR count). The number of carbonyl (C=O) groups is 1. The molecule has 0 unspecified atom stereocenters. The van der Waals surface area contributed by atoms with E-state index in [9.17, 15) is 4.79 Å². The number of hydrogen-bond donors (Lipinski definition) is 2. The molecule has 0 saturated heterocycles. The zero-order valence-corrected chi connectivity index (χ0v) is 7.27. The number of rotatable bonds is 4. The first-order valence-electron chi connectivity index (χ1n) is 3.17. The quantitative estimate of drug-likeness (QED) is 0.594. The Morgan fingerprint density at radius 3 is 2.50 bits per heavy atom. The molecule has 0 spiro atoms. The summed E-state index contributed by atoms with van der Waals surface area (Å²) in [4.78, 5) is 10.2. The van der Waals surface area contributed by atoms with Gasteiger partial charge in [0.1, 0.15) is 6.04 Å². The Labute approximate surface area is 62.4 Å². The maximum atomic E-state index is 10.2. The number of aliphatic carboxylic acids is 1. The van der Waals surface area contributed by atoms with Crippen molar-refractivity contribution in [1.82, 2.24) is 0 Å². The molecule has 0 aliphatic heterocycles. The molecule has 3 N–H and O–H groups in total. The molecule has 3 nitrogen and oxygen atoms in total. The van der Waals surface area contributed by atoms with Crippen LogP contribution in [0.3, 0.4) is 0 Å². The van der Waals surface area contributed by atoms with Gasteiger partial charge in [-0.25, -0.2) is 0 Å². The lowest BCUT2D eigenvalue weighted by Gasteiger charge is -2.07. The zero-order valence-electron chi connectivity index (χ0n) is 6.37. The van der Waals surface area contributed by atoms with E-state index in [4.69, 9.17) is 10.8 Å². The van der Waals surface area contributed by atoms with Crippen molar-refractivity contribution in [3.63, 3.8) is 0 Å². The third-order valence-electron chi connectivity index (χ3n) is 1.20. The van der Waals surface area contributed by atoms with Crippen LogP contribution < -0.4 is 5.73 Å². The number of hydrogen-bond acceptors (Lipinski definition) is 2. The van der Waals surface area contributed by atoms with E-state index in [1.54, 1.807) is 0 Å². The average molecular weight is 163 g/mol. The van der Waals surface area contributed by atoms with Crippen molar-refractivity contribution in [2.75, 3.05) is 19.5 Å². The van der Waals surface area contributed by atoms with Gasteiger partial charge in [-0.05, 0) is 25.9 Å². The smallest absolute Gasteiger partial charge is 0.320 e. The van der Waals surface area contributed by atoms with Crippen LogP contribution in [0.2, 0.25) is 0 Å². The van der Waals surface area contributed by atoms with Gasteiger partial charge in [-0.3, -0.25) is 4.79 Å². The van der Waals surface area contributed by atoms with Crippen molar-refractivity contribution in [3.8, 4) is 0 Å². The topological polar surface area (TPSA) is 63.3 Å². The monoisotopic (exact) mass is 163 g/mol. The Balaban J connectivity index is 3.40. The van der Waals surface area contributed by atoms with Crippen LogP contribution in [0.15, 0.2) is 0 Å². The second-order valence-corrected chi connectivity index (χ2v) is 5.14. The van der Waals surface area contributed by atoms with E-state index in [0.717, 1.165) is 6.16 Å². The van der Waals surface area contributed by atoms with E-state index in [0.29, 0.717) is 6.42 Å².